The number of ether oxygens (including phenoxy) is 2. The van der Waals surface area contributed by atoms with Crippen LogP contribution in [0, 0.1) is 0 Å². The van der Waals surface area contributed by atoms with E-state index in [-0.39, 0.29) is 94.3 Å². The van der Waals surface area contributed by atoms with Crippen molar-refractivity contribution in [3.05, 3.63) is 58.7 Å². The Balaban J connectivity index is 0.00000684. The van der Waals surface area contributed by atoms with Crippen molar-refractivity contribution in [2.45, 2.75) is 85.2 Å². The minimum Gasteiger partial charge on any atom is -0.790 e. The molecule has 0 heterocycles. The molecule has 0 saturated carbocycles. The summed E-state index contributed by atoms with van der Waals surface area (Å²) >= 11 is 0. The Labute approximate surface area is 270 Å². The smallest absolute Gasteiger partial charge is 0.790 e. The zero-order valence-electron chi connectivity index (χ0n) is 24.1. The summed E-state index contributed by atoms with van der Waals surface area (Å²) < 4.78 is 27.0. The molecule has 38 heavy (non-hydrogen) atoms. The van der Waals surface area contributed by atoms with Gasteiger partial charge in [-0.05, 0) is 45.9 Å². The first-order valence-electron chi connectivity index (χ1n) is 12.0. The van der Waals surface area contributed by atoms with Crippen molar-refractivity contribution in [2.24, 2.45) is 0 Å². The Hall–Kier alpha value is -0.510. The van der Waals surface area contributed by atoms with E-state index in [1.165, 1.54) is 0 Å². The van der Waals surface area contributed by atoms with Gasteiger partial charge in [0.1, 0.15) is 11.5 Å². The van der Waals surface area contributed by atoms with Gasteiger partial charge in [0.25, 0.3) is 6.10 Å². The van der Waals surface area contributed by atoms with Gasteiger partial charge in [-0.1, -0.05) is 91.8 Å². The van der Waals surface area contributed by atoms with E-state index >= 15 is 0 Å². The minimum absolute atomic E-state index is 0. The monoisotopic (exact) mass is 564 g/mol. The number of carbonyl (C=O) groups is 2. The second-order valence-electron chi connectivity index (χ2n) is 9.92. The van der Waals surface area contributed by atoms with Gasteiger partial charge in [0, 0.05) is 0 Å². The van der Waals surface area contributed by atoms with Gasteiger partial charge < -0.3 is 28.3 Å². The molecule has 2 aromatic rings. The van der Waals surface area contributed by atoms with Crippen LogP contribution in [0.15, 0.2) is 36.4 Å². The molecule has 0 radical (unpaired) electrons. The van der Waals surface area contributed by atoms with Crippen molar-refractivity contribution in [1.82, 2.24) is 0 Å². The average Bonchev–Trinajstić information content (AvgIpc) is 2.76. The summed E-state index contributed by atoms with van der Waals surface area (Å²) in [4.78, 5) is 49.3. The number of hydrogen-bond acceptors (Lipinski definition) is 8. The van der Waals surface area contributed by atoms with Gasteiger partial charge in [-0.3, -0.25) is 0 Å². The fourth-order valence-electron chi connectivity index (χ4n) is 3.82. The van der Waals surface area contributed by atoms with Crippen molar-refractivity contribution in [3.63, 3.8) is 0 Å². The number of esters is 2. The largest absolute Gasteiger partial charge is 1.00 e. The van der Waals surface area contributed by atoms with Gasteiger partial charge in [-0.15, -0.1) is 0 Å². The van der Waals surface area contributed by atoms with Gasteiger partial charge in [0.05, 0.1) is 7.82 Å². The van der Waals surface area contributed by atoms with Crippen LogP contribution in [-0.4, -0.2) is 18.0 Å². The molecule has 2 rings (SSSR count). The predicted octanol–water partition coefficient (Wildman–Crippen LogP) is -1.09. The van der Waals surface area contributed by atoms with Crippen LogP contribution < -0.4 is 78.4 Å². The summed E-state index contributed by atoms with van der Waals surface area (Å²) in [6.45, 7) is 15.2. The quantitative estimate of drug-likeness (QED) is 0.117. The summed E-state index contributed by atoms with van der Waals surface area (Å²) in [7, 11) is -5.76. The van der Waals surface area contributed by atoms with Crippen LogP contribution in [0.3, 0.4) is 0 Å². The van der Waals surface area contributed by atoms with Gasteiger partial charge in [0.15, 0.2) is 0 Å². The topological polar surface area (TPSA) is 125 Å². The summed E-state index contributed by atoms with van der Waals surface area (Å²) in [5.41, 5.74) is 2.73. The van der Waals surface area contributed by atoms with Crippen molar-refractivity contribution in [2.75, 3.05) is 0 Å². The van der Waals surface area contributed by atoms with Crippen LogP contribution in [0.25, 0.3) is 0 Å². The van der Waals surface area contributed by atoms with E-state index in [9.17, 15) is 23.9 Å². The van der Waals surface area contributed by atoms with Gasteiger partial charge >= 0.3 is 71.1 Å². The molecular weight excluding hydrogens is 529 g/mol. The molecule has 0 aliphatic rings. The number of phosphoric ester groups is 1. The van der Waals surface area contributed by atoms with Crippen LogP contribution in [0.1, 0.15) is 101 Å². The Morgan fingerprint density at radius 2 is 0.895 bits per heavy atom. The van der Waals surface area contributed by atoms with Crippen LogP contribution in [-0.2, 0) is 18.7 Å². The normalized spacial score (nSPS) is 11.6. The molecule has 8 nitrogen and oxygen atoms in total. The van der Waals surface area contributed by atoms with Crippen molar-refractivity contribution < 1.29 is 97.1 Å². The summed E-state index contributed by atoms with van der Waals surface area (Å²) in [5, 5.41) is 0. The Morgan fingerprint density at radius 3 is 1.11 bits per heavy atom. The maximum Gasteiger partial charge on any atom is 1.00 e. The summed E-state index contributed by atoms with van der Waals surface area (Å²) in [6.07, 6.45) is -2.42. The number of para-hydroxylation sites is 2. The molecule has 2 aromatic carbocycles. The maximum atomic E-state index is 13.2. The van der Waals surface area contributed by atoms with E-state index in [4.69, 9.17) is 9.47 Å². The van der Waals surface area contributed by atoms with E-state index < -0.39 is 25.9 Å². The molecule has 0 fully saturated rings. The first kappa shape index (κ1) is 37.5. The third-order valence-electron chi connectivity index (χ3n) is 5.71. The molecule has 11 heteroatoms. The number of carbonyl (C=O) groups excluding carboxylic acids is 2. The SMILES string of the molecule is CC(C)c1cccc(C(C)C)c1OC(=O)C(OP(=O)([O-])[O-])C(=O)Oc1c(C(C)C)cccc1C(C)C.[Na+].[Na+]. The standard InChI is InChI=1S/C27H37O8P.2Na/c1-15(2)19-11-9-12-20(16(3)4)23(19)33-26(28)25(35-36(30,31)32)27(29)34-24-21(17(5)6)13-10-14-22(24)18(7)8;;/h9-18,25H,1-8H3,(H2,30,31,32);;/q;2*+1/p-2. The summed E-state index contributed by atoms with van der Waals surface area (Å²) in [5.74, 6) is -2.49. The predicted molar refractivity (Wildman–Crippen MR) is 133 cm³/mol. The second-order valence-corrected chi connectivity index (χ2v) is 11.0. The van der Waals surface area contributed by atoms with E-state index in [2.05, 4.69) is 4.52 Å². The van der Waals surface area contributed by atoms with Crippen molar-refractivity contribution in [3.8, 4) is 11.5 Å². The van der Waals surface area contributed by atoms with E-state index in [1.807, 2.05) is 67.5 Å². The molecule has 0 atom stereocenters. The fourth-order valence-corrected chi connectivity index (χ4v) is 4.25. The Bertz CT molecular complexity index is 1010. The van der Waals surface area contributed by atoms with E-state index in [1.54, 1.807) is 24.3 Å². The Kier molecular flexibility index (Phi) is 15.8. The molecule has 0 N–H and O–H groups in total. The maximum absolute atomic E-state index is 13.2. The zero-order valence-corrected chi connectivity index (χ0v) is 29.0. The number of benzene rings is 2. The van der Waals surface area contributed by atoms with Crippen LogP contribution in [0.4, 0.5) is 0 Å². The van der Waals surface area contributed by atoms with Crippen molar-refractivity contribution in [1.29, 1.82) is 0 Å². The van der Waals surface area contributed by atoms with Gasteiger partial charge in [-0.2, -0.15) is 0 Å². The van der Waals surface area contributed by atoms with E-state index in [0.717, 1.165) is 0 Å². The third kappa shape index (κ3) is 10.2. The molecule has 0 unspecified atom stereocenters. The molecule has 198 valence electrons. The zero-order chi connectivity index (χ0) is 27.4. The molecule has 0 amide bonds. The molecular formula is C27H35Na2O8P. The van der Waals surface area contributed by atoms with E-state index in [0.29, 0.717) is 22.3 Å². The second kappa shape index (κ2) is 16.1. The molecule has 0 aromatic heterocycles. The number of phosphoric acid groups is 1. The molecule has 0 aliphatic carbocycles. The Morgan fingerprint density at radius 1 is 0.632 bits per heavy atom. The summed E-state index contributed by atoms with van der Waals surface area (Å²) in [6, 6.07) is 10.7. The molecule has 0 saturated heterocycles. The number of rotatable bonds is 10. The van der Waals surface area contributed by atoms with Crippen molar-refractivity contribution >= 4 is 19.8 Å². The first-order valence-corrected chi connectivity index (χ1v) is 13.5. The van der Waals surface area contributed by atoms with Gasteiger partial charge in [0.2, 0.25) is 0 Å². The first-order chi connectivity index (χ1) is 16.6. The third-order valence-corrected chi connectivity index (χ3v) is 6.18. The molecule has 0 aliphatic heterocycles. The molecule has 0 spiro atoms. The minimum atomic E-state index is -5.76. The van der Waals surface area contributed by atoms with Gasteiger partial charge in [-0.25, -0.2) is 9.59 Å². The molecule has 0 bridgehead atoms. The van der Waals surface area contributed by atoms with Crippen LogP contribution >= 0.6 is 7.82 Å². The fraction of sp³-hybridized carbons (Fsp3) is 0.481. The van der Waals surface area contributed by atoms with Crippen LogP contribution in [0.5, 0.6) is 11.5 Å². The number of hydrogen-bond donors (Lipinski definition) is 0. The van der Waals surface area contributed by atoms with Crippen LogP contribution in [0.2, 0.25) is 0 Å². The average molecular weight is 565 g/mol.